The zero-order chi connectivity index (χ0) is 26.9. The highest BCUT2D eigenvalue weighted by molar-refractivity contribution is 6.51. The summed E-state index contributed by atoms with van der Waals surface area (Å²) in [6, 6.07) is 16.7. The van der Waals surface area contributed by atoms with Crippen molar-refractivity contribution in [2.75, 3.05) is 11.5 Å². The van der Waals surface area contributed by atoms with Gasteiger partial charge < -0.3 is 14.6 Å². The van der Waals surface area contributed by atoms with Gasteiger partial charge in [0.2, 0.25) is 0 Å². The van der Waals surface area contributed by atoms with E-state index < -0.39 is 17.7 Å². The Morgan fingerprint density at radius 2 is 1.78 bits per heavy atom. The van der Waals surface area contributed by atoms with Gasteiger partial charge in [0.15, 0.2) is 0 Å². The van der Waals surface area contributed by atoms with Crippen molar-refractivity contribution in [3.05, 3.63) is 93.5 Å². The van der Waals surface area contributed by atoms with E-state index in [0.29, 0.717) is 39.9 Å². The molecule has 1 saturated heterocycles. The van der Waals surface area contributed by atoms with E-state index in [2.05, 4.69) is 0 Å². The molecule has 0 aliphatic carbocycles. The molecule has 6 nitrogen and oxygen atoms in total. The number of ether oxygens (including phenoxy) is 2. The standard InChI is InChI=1S/C30H30ClNO5/c1-6-36-25-16-21(11-13-24(25)31)28(33)26-27(20-8-7-9-23(15-20)37-17(2)3)32(30(35)29(26)34)22-12-10-18(4)19(5)14-22/h7-17,27,33H,6H2,1-5H3/b28-26+. The van der Waals surface area contributed by atoms with E-state index in [4.69, 9.17) is 21.1 Å². The molecule has 37 heavy (non-hydrogen) atoms. The number of aliphatic hydroxyl groups is 1. The fraction of sp³-hybridized carbons (Fsp3) is 0.267. The van der Waals surface area contributed by atoms with Gasteiger partial charge in [-0.15, -0.1) is 0 Å². The minimum absolute atomic E-state index is 0.0188. The van der Waals surface area contributed by atoms with Crippen molar-refractivity contribution in [2.24, 2.45) is 0 Å². The lowest BCUT2D eigenvalue weighted by atomic mass is 9.94. The third kappa shape index (κ3) is 5.20. The molecule has 1 heterocycles. The largest absolute Gasteiger partial charge is 0.507 e. The number of hydrogen-bond acceptors (Lipinski definition) is 5. The fourth-order valence-corrected chi connectivity index (χ4v) is 4.56. The molecule has 1 aliphatic heterocycles. The number of nitrogens with zero attached hydrogens (tertiary/aromatic N) is 1. The van der Waals surface area contributed by atoms with Crippen LogP contribution >= 0.6 is 11.6 Å². The minimum Gasteiger partial charge on any atom is -0.507 e. The molecular weight excluding hydrogens is 490 g/mol. The van der Waals surface area contributed by atoms with E-state index in [1.807, 2.05) is 71.0 Å². The molecule has 0 spiro atoms. The summed E-state index contributed by atoms with van der Waals surface area (Å²) in [4.78, 5) is 28.4. The number of anilines is 1. The van der Waals surface area contributed by atoms with Gasteiger partial charge >= 0.3 is 0 Å². The molecule has 0 radical (unpaired) electrons. The molecule has 4 rings (SSSR count). The van der Waals surface area contributed by atoms with Gasteiger partial charge in [0.05, 0.1) is 29.3 Å². The maximum Gasteiger partial charge on any atom is 0.300 e. The minimum atomic E-state index is -0.871. The summed E-state index contributed by atoms with van der Waals surface area (Å²) in [5, 5.41) is 11.8. The first-order valence-corrected chi connectivity index (χ1v) is 12.6. The smallest absolute Gasteiger partial charge is 0.300 e. The van der Waals surface area contributed by atoms with Crippen molar-refractivity contribution >= 4 is 34.7 Å². The summed E-state index contributed by atoms with van der Waals surface area (Å²) in [6.45, 7) is 9.97. The molecule has 0 aromatic heterocycles. The Kier molecular flexibility index (Phi) is 7.60. The second-order valence-electron chi connectivity index (χ2n) is 9.25. The third-order valence-electron chi connectivity index (χ3n) is 6.26. The highest BCUT2D eigenvalue weighted by Crippen LogP contribution is 2.43. The van der Waals surface area contributed by atoms with Gasteiger partial charge in [-0.1, -0.05) is 29.8 Å². The SMILES string of the molecule is CCOc1cc(/C(O)=C2\C(=O)C(=O)N(c3ccc(C)c(C)c3)C2c2cccc(OC(C)C)c2)ccc1Cl. The zero-order valence-electron chi connectivity index (χ0n) is 21.5. The molecule has 3 aromatic carbocycles. The van der Waals surface area contributed by atoms with Crippen LogP contribution in [0, 0.1) is 13.8 Å². The summed E-state index contributed by atoms with van der Waals surface area (Å²) in [6.07, 6.45) is -0.0626. The van der Waals surface area contributed by atoms with E-state index >= 15 is 0 Å². The summed E-state index contributed by atoms with van der Waals surface area (Å²) >= 11 is 6.24. The van der Waals surface area contributed by atoms with E-state index in [9.17, 15) is 14.7 Å². The van der Waals surface area contributed by atoms with Crippen LogP contribution < -0.4 is 14.4 Å². The molecule has 1 atom stereocenters. The Hall–Kier alpha value is -3.77. The molecule has 1 amide bonds. The van der Waals surface area contributed by atoms with Crippen molar-refractivity contribution in [3.63, 3.8) is 0 Å². The number of benzene rings is 3. The number of hydrogen-bond donors (Lipinski definition) is 1. The number of aliphatic hydroxyl groups excluding tert-OH is 1. The number of Topliss-reactive ketones (excluding diaryl/α,β-unsaturated/α-hetero) is 1. The molecule has 1 unspecified atom stereocenters. The normalized spacial score (nSPS) is 16.9. The summed E-state index contributed by atoms with van der Waals surface area (Å²) in [7, 11) is 0. The van der Waals surface area contributed by atoms with Crippen LogP contribution in [0.15, 0.2) is 66.2 Å². The number of aryl methyl sites for hydroxylation is 2. The lowest BCUT2D eigenvalue weighted by molar-refractivity contribution is -0.132. The Bertz CT molecular complexity index is 1390. The lowest BCUT2D eigenvalue weighted by Gasteiger charge is -2.26. The third-order valence-corrected chi connectivity index (χ3v) is 6.58. The highest BCUT2D eigenvalue weighted by atomic mass is 35.5. The van der Waals surface area contributed by atoms with Crippen molar-refractivity contribution in [1.29, 1.82) is 0 Å². The molecule has 0 saturated carbocycles. The van der Waals surface area contributed by atoms with E-state index in [1.54, 1.807) is 24.3 Å². The zero-order valence-corrected chi connectivity index (χ0v) is 22.3. The Morgan fingerprint density at radius 1 is 1.03 bits per heavy atom. The monoisotopic (exact) mass is 519 g/mol. The van der Waals surface area contributed by atoms with E-state index in [-0.39, 0.29) is 17.4 Å². The first kappa shape index (κ1) is 26.3. The first-order chi connectivity index (χ1) is 17.6. The summed E-state index contributed by atoms with van der Waals surface area (Å²) in [5.74, 6) is -0.820. The maximum atomic E-state index is 13.5. The Balaban J connectivity index is 1.94. The van der Waals surface area contributed by atoms with Gasteiger partial charge in [-0.05, 0) is 93.8 Å². The maximum absolute atomic E-state index is 13.5. The van der Waals surface area contributed by atoms with Crippen LogP contribution in [-0.2, 0) is 9.59 Å². The van der Waals surface area contributed by atoms with Gasteiger partial charge in [-0.25, -0.2) is 0 Å². The number of amides is 1. The van der Waals surface area contributed by atoms with Crippen LogP contribution in [0.1, 0.15) is 49.1 Å². The van der Waals surface area contributed by atoms with Crippen molar-refractivity contribution in [1.82, 2.24) is 0 Å². The van der Waals surface area contributed by atoms with Crippen LogP contribution in [0.4, 0.5) is 5.69 Å². The predicted molar refractivity (Wildman–Crippen MR) is 146 cm³/mol. The van der Waals surface area contributed by atoms with Gasteiger partial charge in [0.25, 0.3) is 11.7 Å². The molecule has 1 fully saturated rings. The fourth-order valence-electron chi connectivity index (χ4n) is 4.39. The molecule has 0 bridgehead atoms. The molecule has 1 aliphatic rings. The first-order valence-electron chi connectivity index (χ1n) is 12.2. The van der Waals surface area contributed by atoms with Crippen molar-refractivity contribution in [2.45, 2.75) is 46.8 Å². The average molecular weight is 520 g/mol. The van der Waals surface area contributed by atoms with Crippen molar-refractivity contribution in [3.8, 4) is 11.5 Å². The van der Waals surface area contributed by atoms with Crippen LogP contribution in [-0.4, -0.2) is 29.5 Å². The second-order valence-corrected chi connectivity index (χ2v) is 9.66. The molecule has 1 N–H and O–H groups in total. The van der Waals surface area contributed by atoms with Crippen molar-refractivity contribution < 1.29 is 24.2 Å². The van der Waals surface area contributed by atoms with Gasteiger partial charge in [-0.2, -0.15) is 0 Å². The van der Waals surface area contributed by atoms with Gasteiger partial charge in [0, 0.05) is 11.3 Å². The number of carbonyl (C=O) groups excluding carboxylic acids is 2. The number of ketones is 1. The summed E-state index contributed by atoms with van der Waals surface area (Å²) in [5.41, 5.74) is 3.55. The number of halogens is 1. The van der Waals surface area contributed by atoms with E-state index in [0.717, 1.165) is 11.1 Å². The molecule has 192 valence electrons. The highest BCUT2D eigenvalue weighted by Gasteiger charge is 2.47. The quantitative estimate of drug-likeness (QED) is 0.212. The Labute approximate surface area is 222 Å². The van der Waals surface area contributed by atoms with Gasteiger partial charge in [-0.3, -0.25) is 14.5 Å². The topological polar surface area (TPSA) is 76.1 Å². The molecule has 7 heteroatoms. The van der Waals surface area contributed by atoms with Crippen LogP contribution in [0.3, 0.4) is 0 Å². The van der Waals surface area contributed by atoms with Gasteiger partial charge in [0.1, 0.15) is 17.3 Å². The second kappa shape index (κ2) is 10.7. The summed E-state index contributed by atoms with van der Waals surface area (Å²) < 4.78 is 11.5. The lowest BCUT2D eigenvalue weighted by Crippen LogP contribution is -2.29. The predicted octanol–water partition coefficient (Wildman–Crippen LogP) is 6.77. The van der Waals surface area contributed by atoms with Crippen LogP contribution in [0.25, 0.3) is 5.76 Å². The average Bonchev–Trinajstić information content (AvgIpc) is 3.12. The number of carbonyl (C=O) groups is 2. The van der Waals surface area contributed by atoms with E-state index in [1.165, 1.54) is 4.90 Å². The Morgan fingerprint density at radius 3 is 2.46 bits per heavy atom. The van der Waals surface area contributed by atoms with Crippen LogP contribution in [0.5, 0.6) is 11.5 Å². The molecular formula is C30H30ClNO5. The number of rotatable bonds is 7. The molecule has 3 aromatic rings. The van der Waals surface area contributed by atoms with Crippen LogP contribution in [0.2, 0.25) is 5.02 Å².